The van der Waals surface area contributed by atoms with E-state index in [4.69, 9.17) is 11.6 Å². The molecule has 1 atom stereocenters. The first-order chi connectivity index (χ1) is 8.59. The monoisotopic (exact) mass is 287 g/mol. The Balaban J connectivity index is 1.92. The van der Waals surface area contributed by atoms with Crippen LogP contribution >= 0.6 is 11.6 Å². The number of benzene rings is 1. The number of hydrogen-bond donors (Lipinski definition) is 1. The first kappa shape index (κ1) is 13.8. The minimum Gasteiger partial charge on any atom is -0.212 e. The normalized spacial score (nSPS) is 17.6. The van der Waals surface area contributed by atoms with Crippen LogP contribution in [0.15, 0.2) is 30.3 Å². The number of alkyl halides is 1. The van der Waals surface area contributed by atoms with Gasteiger partial charge in [0.2, 0.25) is 10.0 Å². The average molecular weight is 288 g/mol. The van der Waals surface area contributed by atoms with E-state index in [2.05, 4.69) is 4.72 Å². The van der Waals surface area contributed by atoms with Gasteiger partial charge in [-0.3, -0.25) is 0 Å². The van der Waals surface area contributed by atoms with E-state index in [9.17, 15) is 8.42 Å². The van der Waals surface area contributed by atoms with Crippen LogP contribution in [-0.2, 0) is 16.4 Å². The minimum absolute atomic E-state index is 0.224. The fourth-order valence-corrected chi connectivity index (χ4v) is 3.93. The van der Waals surface area contributed by atoms with Crippen LogP contribution in [0, 0.1) is 5.92 Å². The Bertz CT molecular complexity index is 471. The van der Waals surface area contributed by atoms with E-state index >= 15 is 0 Å². The van der Waals surface area contributed by atoms with Crippen molar-refractivity contribution in [3.8, 4) is 0 Å². The number of nitrogens with one attached hydrogen (secondary N) is 1. The van der Waals surface area contributed by atoms with Crippen molar-refractivity contribution < 1.29 is 8.42 Å². The topological polar surface area (TPSA) is 46.2 Å². The van der Waals surface area contributed by atoms with Crippen molar-refractivity contribution in [2.75, 3.05) is 11.6 Å². The molecule has 1 fully saturated rings. The van der Waals surface area contributed by atoms with Crippen molar-refractivity contribution in [1.82, 2.24) is 4.72 Å². The summed E-state index contributed by atoms with van der Waals surface area (Å²) >= 11 is 5.85. The molecule has 1 saturated carbocycles. The van der Waals surface area contributed by atoms with Gasteiger partial charge < -0.3 is 0 Å². The van der Waals surface area contributed by atoms with E-state index in [1.54, 1.807) is 0 Å². The lowest BCUT2D eigenvalue weighted by atomic mass is 10.1. The molecule has 1 N–H and O–H groups in total. The van der Waals surface area contributed by atoms with Crippen LogP contribution in [0.4, 0.5) is 0 Å². The summed E-state index contributed by atoms with van der Waals surface area (Å²) in [7, 11) is -3.18. The van der Waals surface area contributed by atoms with Gasteiger partial charge in [-0.2, -0.15) is 0 Å². The molecule has 0 spiro atoms. The van der Waals surface area contributed by atoms with E-state index in [0.29, 0.717) is 18.2 Å². The fraction of sp³-hybridized carbons (Fsp3) is 0.538. The van der Waals surface area contributed by atoms with Crippen LogP contribution in [0.1, 0.15) is 18.4 Å². The highest BCUT2D eigenvalue weighted by molar-refractivity contribution is 7.89. The van der Waals surface area contributed by atoms with Gasteiger partial charge in [0.1, 0.15) is 0 Å². The predicted molar refractivity (Wildman–Crippen MR) is 74.3 cm³/mol. The average Bonchev–Trinajstić information content (AvgIpc) is 3.12. The van der Waals surface area contributed by atoms with E-state index in [1.807, 2.05) is 30.3 Å². The third kappa shape index (κ3) is 4.59. The molecule has 0 saturated heterocycles. The number of halogens is 1. The minimum atomic E-state index is -3.18. The first-order valence-corrected chi connectivity index (χ1v) is 8.37. The van der Waals surface area contributed by atoms with Crippen LogP contribution in [0.2, 0.25) is 0 Å². The maximum atomic E-state index is 11.9. The summed E-state index contributed by atoms with van der Waals surface area (Å²) in [5, 5.41) is 0. The van der Waals surface area contributed by atoms with Crippen LogP contribution in [0.5, 0.6) is 0 Å². The van der Waals surface area contributed by atoms with Crippen LogP contribution < -0.4 is 4.72 Å². The van der Waals surface area contributed by atoms with E-state index < -0.39 is 10.0 Å². The molecule has 1 unspecified atom stereocenters. The molecule has 18 heavy (non-hydrogen) atoms. The van der Waals surface area contributed by atoms with E-state index in [0.717, 1.165) is 18.4 Å². The molecule has 0 aromatic heterocycles. The number of hydrogen-bond acceptors (Lipinski definition) is 2. The lowest BCUT2D eigenvalue weighted by molar-refractivity contribution is 0.557. The smallest absolute Gasteiger partial charge is 0.212 e. The summed E-state index contributed by atoms with van der Waals surface area (Å²) in [6.07, 6.45) is 2.70. The molecule has 0 aliphatic heterocycles. The second-order valence-corrected chi connectivity index (χ2v) is 6.99. The molecular formula is C13H18ClNO2S. The number of sulfonamides is 1. The van der Waals surface area contributed by atoms with E-state index in [-0.39, 0.29) is 11.8 Å². The summed E-state index contributed by atoms with van der Waals surface area (Å²) < 4.78 is 26.4. The third-order valence-electron chi connectivity index (χ3n) is 3.01. The Kier molecular flexibility index (Phi) is 4.65. The van der Waals surface area contributed by atoms with Crippen molar-refractivity contribution in [3.05, 3.63) is 35.9 Å². The van der Waals surface area contributed by atoms with Crippen molar-refractivity contribution in [3.63, 3.8) is 0 Å². The quantitative estimate of drug-likeness (QED) is 0.781. The maximum Gasteiger partial charge on any atom is 0.212 e. The Morgan fingerprint density at radius 3 is 2.50 bits per heavy atom. The summed E-state index contributed by atoms with van der Waals surface area (Å²) in [5.74, 6) is 0.892. The fourth-order valence-electron chi connectivity index (χ4n) is 1.92. The summed E-state index contributed by atoms with van der Waals surface area (Å²) in [6.45, 7) is 0. The van der Waals surface area contributed by atoms with Gasteiger partial charge in [0.15, 0.2) is 0 Å². The summed E-state index contributed by atoms with van der Waals surface area (Å²) in [5.41, 5.74) is 1.09. The molecule has 3 nitrogen and oxygen atoms in total. The van der Waals surface area contributed by atoms with Crippen molar-refractivity contribution in [2.24, 2.45) is 5.92 Å². The summed E-state index contributed by atoms with van der Waals surface area (Å²) in [6, 6.07) is 9.57. The molecule has 1 aromatic rings. The van der Waals surface area contributed by atoms with Gasteiger partial charge in [-0.05, 0) is 30.7 Å². The summed E-state index contributed by atoms with van der Waals surface area (Å²) in [4.78, 5) is 0. The zero-order valence-electron chi connectivity index (χ0n) is 10.2. The van der Waals surface area contributed by atoms with Gasteiger partial charge in [-0.1, -0.05) is 30.3 Å². The molecule has 1 aromatic carbocycles. The highest BCUT2D eigenvalue weighted by atomic mass is 35.5. The van der Waals surface area contributed by atoms with E-state index in [1.165, 1.54) is 0 Å². The maximum absolute atomic E-state index is 11.9. The van der Waals surface area contributed by atoms with Gasteiger partial charge >= 0.3 is 0 Å². The second kappa shape index (κ2) is 6.04. The molecule has 1 aliphatic rings. The van der Waals surface area contributed by atoms with Crippen molar-refractivity contribution in [2.45, 2.75) is 25.3 Å². The number of rotatable bonds is 7. The highest BCUT2D eigenvalue weighted by Gasteiger charge is 2.29. The molecule has 0 radical (unpaired) electrons. The zero-order valence-corrected chi connectivity index (χ0v) is 11.8. The highest BCUT2D eigenvalue weighted by Crippen LogP contribution is 2.30. The molecule has 0 heterocycles. The lowest BCUT2D eigenvalue weighted by Crippen LogP contribution is -2.39. The Morgan fingerprint density at radius 2 is 1.94 bits per heavy atom. The SMILES string of the molecule is O=S(=O)(CC1CC1)NC(CCl)Cc1ccccc1. The van der Waals surface area contributed by atoms with Crippen molar-refractivity contribution in [1.29, 1.82) is 0 Å². The zero-order chi connectivity index (χ0) is 13.0. The Hall–Kier alpha value is -0.580. The van der Waals surface area contributed by atoms with Crippen LogP contribution in [0.3, 0.4) is 0 Å². The van der Waals surface area contributed by atoms with Gasteiger partial charge in [-0.25, -0.2) is 13.1 Å². The molecule has 0 bridgehead atoms. The molecule has 1 aliphatic carbocycles. The van der Waals surface area contributed by atoms with Gasteiger partial charge in [0, 0.05) is 11.9 Å². The van der Waals surface area contributed by atoms with Crippen LogP contribution in [0.25, 0.3) is 0 Å². The standard InChI is InChI=1S/C13H18ClNO2S/c14-9-13(8-11-4-2-1-3-5-11)15-18(16,17)10-12-6-7-12/h1-5,12-13,15H,6-10H2. The molecule has 100 valence electrons. The van der Waals surface area contributed by atoms with Gasteiger partial charge in [0.25, 0.3) is 0 Å². The molecule has 5 heteroatoms. The Labute approximate surface area is 114 Å². The lowest BCUT2D eigenvalue weighted by Gasteiger charge is -2.16. The van der Waals surface area contributed by atoms with Crippen LogP contribution in [-0.4, -0.2) is 26.1 Å². The molecule has 2 rings (SSSR count). The second-order valence-electron chi connectivity index (χ2n) is 4.88. The first-order valence-electron chi connectivity index (χ1n) is 6.19. The third-order valence-corrected chi connectivity index (χ3v) is 4.98. The predicted octanol–water partition coefficient (Wildman–Crippen LogP) is 2.17. The van der Waals surface area contributed by atoms with Gasteiger partial charge in [0.05, 0.1) is 5.75 Å². The Morgan fingerprint density at radius 1 is 1.28 bits per heavy atom. The van der Waals surface area contributed by atoms with Gasteiger partial charge in [-0.15, -0.1) is 11.6 Å². The largest absolute Gasteiger partial charge is 0.212 e. The van der Waals surface area contributed by atoms with Crippen molar-refractivity contribution >= 4 is 21.6 Å². The molecule has 0 amide bonds. The molecular weight excluding hydrogens is 270 g/mol.